The summed E-state index contributed by atoms with van der Waals surface area (Å²) in [6.07, 6.45) is 1.06. The highest BCUT2D eigenvalue weighted by Crippen LogP contribution is 2.24. The molecule has 2 rings (SSSR count). The fourth-order valence-corrected chi connectivity index (χ4v) is 4.92. The SMILES string of the molecule is CCC(C)NC(=O)C(CC)N(Cc1ccc(Cl)c(Cl)c1)C(=O)CN(C)S(=O)(=O)c1ccc(Cl)cc1. The van der Waals surface area contributed by atoms with E-state index in [-0.39, 0.29) is 23.4 Å². The smallest absolute Gasteiger partial charge is 0.243 e. The summed E-state index contributed by atoms with van der Waals surface area (Å²) in [4.78, 5) is 27.9. The molecular formula is C24H30Cl3N3O4S. The summed E-state index contributed by atoms with van der Waals surface area (Å²) in [6.45, 7) is 5.21. The van der Waals surface area contributed by atoms with Gasteiger partial charge in [-0.05, 0) is 61.7 Å². The van der Waals surface area contributed by atoms with Crippen LogP contribution >= 0.6 is 34.8 Å². The number of carbonyl (C=O) groups excluding carboxylic acids is 2. The van der Waals surface area contributed by atoms with E-state index in [0.29, 0.717) is 27.1 Å². The number of likely N-dealkylation sites (N-methyl/N-ethyl adjacent to an activating group) is 1. The van der Waals surface area contributed by atoms with E-state index in [9.17, 15) is 18.0 Å². The lowest BCUT2D eigenvalue weighted by Gasteiger charge is -2.32. The quantitative estimate of drug-likeness (QED) is 0.418. The Morgan fingerprint density at radius 3 is 2.14 bits per heavy atom. The molecule has 0 aliphatic heterocycles. The van der Waals surface area contributed by atoms with E-state index in [1.54, 1.807) is 25.1 Å². The third-order valence-electron chi connectivity index (χ3n) is 5.60. The Labute approximate surface area is 222 Å². The molecule has 0 aromatic heterocycles. The van der Waals surface area contributed by atoms with E-state index < -0.39 is 28.5 Å². The van der Waals surface area contributed by atoms with Crippen molar-refractivity contribution in [3.63, 3.8) is 0 Å². The highest BCUT2D eigenvalue weighted by atomic mass is 35.5. The normalized spacial score (nSPS) is 13.4. The molecule has 0 saturated heterocycles. The van der Waals surface area contributed by atoms with E-state index in [1.807, 2.05) is 13.8 Å². The van der Waals surface area contributed by atoms with Gasteiger partial charge in [0.2, 0.25) is 21.8 Å². The molecule has 7 nitrogen and oxygen atoms in total. The molecule has 2 amide bonds. The van der Waals surface area contributed by atoms with Crippen LogP contribution < -0.4 is 5.32 Å². The molecule has 1 N–H and O–H groups in total. The lowest BCUT2D eigenvalue weighted by molar-refractivity contribution is -0.141. The first-order valence-corrected chi connectivity index (χ1v) is 13.7. The number of rotatable bonds is 11. The zero-order valence-electron chi connectivity index (χ0n) is 20.1. The van der Waals surface area contributed by atoms with Gasteiger partial charge in [0.15, 0.2) is 0 Å². The minimum atomic E-state index is -3.96. The molecule has 0 aliphatic carbocycles. The van der Waals surface area contributed by atoms with E-state index >= 15 is 0 Å². The van der Waals surface area contributed by atoms with E-state index in [4.69, 9.17) is 34.8 Å². The van der Waals surface area contributed by atoms with Crippen LogP contribution in [0.2, 0.25) is 15.1 Å². The van der Waals surface area contributed by atoms with Crippen molar-refractivity contribution in [3.8, 4) is 0 Å². The van der Waals surface area contributed by atoms with Gasteiger partial charge in [0, 0.05) is 24.7 Å². The van der Waals surface area contributed by atoms with Crippen molar-refractivity contribution in [3.05, 3.63) is 63.1 Å². The maximum Gasteiger partial charge on any atom is 0.243 e. The molecule has 192 valence electrons. The molecule has 0 fully saturated rings. The highest BCUT2D eigenvalue weighted by Gasteiger charge is 2.32. The Bertz CT molecular complexity index is 1140. The second kappa shape index (κ2) is 12.9. The molecule has 0 radical (unpaired) electrons. The molecule has 0 heterocycles. The summed E-state index contributed by atoms with van der Waals surface area (Å²) >= 11 is 18.0. The molecule has 0 aliphatic rings. The number of hydrogen-bond donors (Lipinski definition) is 1. The molecule has 0 spiro atoms. The molecule has 35 heavy (non-hydrogen) atoms. The van der Waals surface area contributed by atoms with Crippen molar-refractivity contribution in [2.75, 3.05) is 13.6 Å². The van der Waals surface area contributed by atoms with Crippen LogP contribution in [-0.2, 0) is 26.2 Å². The van der Waals surface area contributed by atoms with Crippen molar-refractivity contribution in [1.82, 2.24) is 14.5 Å². The monoisotopic (exact) mass is 561 g/mol. The number of nitrogens with zero attached hydrogens (tertiary/aromatic N) is 2. The lowest BCUT2D eigenvalue weighted by atomic mass is 10.1. The Morgan fingerprint density at radius 1 is 0.971 bits per heavy atom. The van der Waals surface area contributed by atoms with Crippen LogP contribution in [0.25, 0.3) is 0 Å². The predicted molar refractivity (Wildman–Crippen MR) is 140 cm³/mol. The van der Waals surface area contributed by atoms with E-state index in [2.05, 4.69) is 5.32 Å². The minimum Gasteiger partial charge on any atom is -0.352 e. The third-order valence-corrected chi connectivity index (χ3v) is 8.41. The van der Waals surface area contributed by atoms with Crippen molar-refractivity contribution >= 4 is 56.6 Å². The van der Waals surface area contributed by atoms with Gasteiger partial charge in [0.05, 0.1) is 21.5 Å². The zero-order valence-corrected chi connectivity index (χ0v) is 23.2. The van der Waals surface area contributed by atoms with Gasteiger partial charge in [0.1, 0.15) is 6.04 Å². The maximum atomic E-state index is 13.5. The van der Waals surface area contributed by atoms with Crippen LogP contribution in [0.1, 0.15) is 39.2 Å². The Balaban J connectivity index is 2.35. The van der Waals surface area contributed by atoms with Crippen LogP contribution in [0.15, 0.2) is 47.4 Å². The maximum absolute atomic E-state index is 13.5. The summed E-state index contributed by atoms with van der Waals surface area (Å²) in [5.41, 5.74) is 0.658. The van der Waals surface area contributed by atoms with Gasteiger partial charge in [-0.2, -0.15) is 4.31 Å². The molecule has 2 aromatic rings. The van der Waals surface area contributed by atoms with Crippen molar-refractivity contribution in [1.29, 1.82) is 0 Å². The molecule has 0 saturated carbocycles. The highest BCUT2D eigenvalue weighted by molar-refractivity contribution is 7.89. The van der Waals surface area contributed by atoms with Gasteiger partial charge in [-0.25, -0.2) is 8.42 Å². The summed E-state index contributed by atoms with van der Waals surface area (Å²) in [5.74, 6) is -0.833. The lowest BCUT2D eigenvalue weighted by Crippen LogP contribution is -2.53. The van der Waals surface area contributed by atoms with Gasteiger partial charge in [-0.15, -0.1) is 0 Å². The fourth-order valence-electron chi connectivity index (χ4n) is 3.35. The summed E-state index contributed by atoms with van der Waals surface area (Å²) in [7, 11) is -2.64. The van der Waals surface area contributed by atoms with Gasteiger partial charge >= 0.3 is 0 Å². The Hall–Kier alpha value is -1.84. The van der Waals surface area contributed by atoms with Crippen molar-refractivity contribution < 1.29 is 18.0 Å². The largest absolute Gasteiger partial charge is 0.352 e. The molecule has 0 bridgehead atoms. The molecular weight excluding hydrogens is 533 g/mol. The first-order chi connectivity index (χ1) is 16.4. The van der Waals surface area contributed by atoms with E-state index in [0.717, 1.165) is 10.7 Å². The van der Waals surface area contributed by atoms with Gasteiger partial charge in [-0.1, -0.05) is 54.7 Å². The van der Waals surface area contributed by atoms with Crippen LogP contribution in [-0.4, -0.2) is 55.1 Å². The summed E-state index contributed by atoms with van der Waals surface area (Å²) in [6, 6.07) is 9.74. The number of carbonyl (C=O) groups is 2. The minimum absolute atomic E-state index is 0.00906. The predicted octanol–water partition coefficient (Wildman–Crippen LogP) is 4.99. The average Bonchev–Trinajstić information content (AvgIpc) is 2.81. The topological polar surface area (TPSA) is 86.8 Å². The second-order valence-corrected chi connectivity index (χ2v) is 11.5. The number of nitrogens with one attached hydrogen (secondary N) is 1. The average molecular weight is 563 g/mol. The third kappa shape index (κ3) is 7.82. The summed E-state index contributed by atoms with van der Waals surface area (Å²) < 4.78 is 27.0. The molecule has 2 atom stereocenters. The van der Waals surface area contributed by atoms with Crippen molar-refractivity contribution in [2.45, 2.75) is 57.1 Å². The fraction of sp³-hybridized carbons (Fsp3) is 0.417. The Kier molecular flexibility index (Phi) is 10.9. The zero-order chi connectivity index (χ0) is 26.3. The number of halogens is 3. The standard InChI is InChI=1S/C24H30Cl3N3O4S/c1-5-16(3)28-24(32)22(6-2)30(14-17-7-12-20(26)21(27)13-17)23(31)15-29(4)35(33,34)19-10-8-18(25)9-11-19/h7-13,16,22H,5-6,14-15H2,1-4H3,(H,28,32). The van der Waals surface area contributed by atoms with Crippen LogP contribution in [0, 0.1) is 0 Å². The van der Waals surface area contributed by atoms with Gasteiger partial charge in [-0.3, -0.25) is 9.59 Å². The van der Waals surface area contributed by atoms with E-state index in [1.165, 1.54) is 36.2 Å². The summed E-state index contributed by atoms with van der Waals surface area (Å²) in [5, 5.41) is 3.99. The first-order valence-electron chi connectivity index (χ1n) is 11.2. The van der Waals surface area contributed by atoms with Gasteiger partial charge < -0.3 is 10.2 Å². The van der Waals surface area contributed by atoms with Crippen LogP contribution in [0.4, 0.5) is 0 Å². The Morgan fingerprint density at radius 2 is 1.60 bits per heavy atom. The van der Waals surface area contributed by atoms with Gasteiger partial charge in [0.25, 0.3) is 0 Å². The van der Waals surface area contributed by atoms with Crippen molar-refractivity contribution in [2.24, 2.45) is 0 Å². The number of benzene rings is 2. The molecule has 2 unspecified atom stereocenters. The van der Waals surface area contributed by atoms with Crippen LogP contribution in [0.5, 0.6) is 0 Å². The van der Waals surface area contributed by atoms with Crippen LogP contribution in [0.3, 0.4) is 0 Å². The first kappa shape index (κ1) is 29.4. The number of amides is 2. The second-order valence-electron chi connectivity index (χ2n) is 8.23. The number of hydrogen-bond acceptors (Lipinski definition) is 4. The molecule has 11 heteroatoms. The molecule has 2 aromatic carbocycles. The number of sulfonamides is 1.